The number of rotatable bonds is 4. The minimum atomic E-state index is 0.605. The van der Waals surface area contributed by atoms with Crippen molar-refractivity contribution < 1.29 is 4.42 Å². The summed E-state index contributed by atoms with van der Waals surface area (Å²) in [6.45, 7) is 0. The normalized spacial score (nSPS) is 12.1. The highest BCUT2D eigenvalue weighted by atomic mass is 16.3. The van der Waals surface area contributed by atoms with E-state index in [-0.39, 0.29) is 0 Å². The molecule has 59 heavy (non-hydrogen) atoms. The van der Waals surface area contributed by atoms with Gasteiger partial charge in [-0.05, 0) is 100 Å². The number of hydrogen-bond donors (Lipinski definition) is 0. The largest absolute Gasteiger partial charge is 0.456 e. The van der Waals surface area contributed by atoms with Crippen molar-refractivity contribution in [3.05, 3.63) is 188 Å². The van der Waals surface area contributed by atoms with Gasteiger partial charge in [0.1, 0.15) is 11.2 Å². The molecule has 0 saturated carbocycles. The summed E-state index contributed by atoms with van der Waals surface area (Å²) in [7, 11) is 0. The molecule has 0 radical (unpaired) electrons. The fraction of sp³-hybridized carbons (Fsp3) is 0. The van der Waals surface area contributed by atoms with Crippen LogP contribution in [0.2, 0.25) is 0 Å². The second-order valence-corrected chi connectivity index (χ2v) is 15.5. The third-order valence-electron chi connectivity index (χ3n) is 12.2. The van der Waals surface area contributed by atoms with Crippen LogP contribution >= 0.6 is 0 Å². The van der Waals surface area contributed by atoms with Crippen LogP contribution in [-0.2, 0) is 0 Å². The molecule has 13 rings (SSSR count). The van der Waals surface area contributed by atoms with Gasteiger partial charge in [-0.25, -0.2) is 15.0 Å². The van der Waals surface area contributed by atoms with Crippen LogP contribution < -0.4 is 0 Å². The molecule has 0 saturated heterocycles. The predicted octanol–water partition coefficient (Wildman–Crippen LogP) is 14.8. The molecule has 0 aliphatic rings. The second-order valence-electron chi connectivity index (χ2n) is 15.5. The number of hydrogen-bond acceptors (Lipinski definition) is 4. The Labute approximate surface area is 338 Å². The molecule has 0 fully saturated rings. The molecule has 0 bridgehead atoms. The van der Waals surface area contributed by atoms with Gasteiger partial charge in [0, 0.05) is 27.5 Å². The Kier molecular flexibility index (Phi) is 6.69. The molecular weight excluding hydrogens is 719 g/mol. The molecular formula is C55H31N3O. The summed E-state index contributed by atoms with van der Waals surface area (Å²) in [6.07, 6.45) is 0. The van der Waals surface area contributed by atoms with Gasteiger partial charge in [-0.1, -0.05) is 164 Å². The molecule has 2 heterocycles. The van der Waals surface area contributed by atoms with Gasteiger partial charge in [-0.3, -0.25) is 0 Å². The van der Waals surface area contributed by atoms with Crippen LogP contribution in [0.1, 0.15) is 0 Å². The van der Waals surface area contributed by atoms with Crippen molar-refractivity contribution in [1.82, 2.24) is 15.0 Å². The Morgan fingerprint density at radius 1 is 0.271 bits per heavy atom. The van der Waals surface area contributed by atoms with Crippen LogP contribution in [0.3, 0.4) is 0 Å². The number of nitrogens with zero attached hydrogens (tertiary/aromatic N) is 3. The Hall–Kier alpha value is -7.95. The first-order valence-corrected chi connectivity index (χ1v) is 20.0. The fourth-order valence-corrected chi connectivity index (χ4v) is 9.57. The van der Waals surface area contributed by atoms with Gasteiger partial charge in [-0.2, -0.15) is 0 Å². The first-order chi connectivity index (χ1) is 29.2. The van der Waals surface area contributed by atoms with Gasteiger partial charge in [-0.15, -0.1) is 0 Å². The maximum absolute atomic E-state index is 6.25. The summed E-state index contributed by atoms with van der Waals surface area (Å²) < 4.78 is 6.25. The van der Waals surface area contributed by atoms with Crippen molar-refractivity contribution in [2.45, 2.75) is 0 Å². The molecule has 0 atom stereocenters. The molecule has 272 valence electrons. The maximum Gasteiger partial charge on any atom is 0.164 e. The minimum Gasteiger partial charge on any atom is -0.456 e. The molecule has 0 amide bonds. The lowest BCUT2D eigenvalue weighted by Gasteiger charge is -2.17. The Morgan fingerprint density at radius 2 is 0.763 bits per heavy atom. The van der Waals surface area contributed by atoms with Gasteiger partial charge in [0.05, 0.1) is 0 Å². The Bertz CT molecular complexity index is 3820. The molecule has 0 aliphatic heterocycles. The molecule has 0 aliphatic carbocycles. The van der Waals surface area contributed by atoms with Crippen LogP contribution in [0, 0.1) is 0 Å². The van der Waals surface area contributed by atoms with Gasteiger partial charge >= 0.3 is 0 Å². The topological polar surface area (TPSA) is 51.8 Å². The van der Waals surface area contributed by atoms with E-state index in [2.05, 4.69) is 127 Å². The highest BCUT2D eigenvalue weighted by molar-refractivity contribution is 6.37. The lowest BCUT2D eigenvalue weighted by molar-refractivity contribution is 0.669. The van der Waals surface area contributed by atoms with Crippen LogP contribution in [0.4, 0.5) is 0 Å². The van der Waals surface area contributed by atoms with E-state index in [1.165, 1.54) is 64.6 Å². The average Bonchev–Trinajstić information content (AvgIpc) is 3.69. The lowest BCUT2D eigenvalue weighted by Crippen LogP contribution is -2.00. The van der Waals surface area contributed by atoms with E-state index in [1.54, 1.807) is 0 Å². The fourth-order valence-electron chi connectivity index (χ4n) is 9.57. The van der Waals surface area contributed by atoms with Crippen LogP contribution in [0.15, 0.2) is 192 Å². The zero-order chi connectivity index (χ0) is 38.6. The number of para-hydroxylation sites is 1. The van der Waals surface area contributed by atoms with Crippen molar-refractivity contribution in [3.8, 4) is 45.3 Å². The molecule has 2 aromatic heterocycles. The second kappa shape index (κ2) is 12.3. The van der Waals surface area contributed by atoms with Gasteiger partial charge in [0.15, 0.2) is 17.5 Å². The van der Waals surface area contributed by atoms with Crippen LogP contribution in [0.25, 0.3) is 132 Å². The van der Waals surface area contributed by atoms with Crippen molar-refractivity contribution in [2.75, 3.05) is 0 Å². The molecule has 0 spiro atoms. The first-order valence-electron chi connectivity index (χ1n) is 20.0. The van der Waals surface area contributed by atoms with Gasteiger partial charge in [0.25, 0.3) is 0 Å². The Morgan fingerprint density at radius 3 is 1.44 bits per heavy atom. The summed E-state index contributed by atoms with van der Waals surface area (Å²) in [4.78, 5) is 15.3. The Balaban J connectivity index is 1.02. The third-order valence-corrected chi connectivity index (χ3v) is 12.2. The summed E-state index contributed by atoms with van der Waals surface area (Å²) in [5.41, 5.74) is 6.68. The van der Waals surface area contributed by atoms with Crippen LogP contribution in [0.5, 0.6) is 0 Å². The van der Waals surface area contributed by atoms with E-state index in [0.29, 0.717) is 17.5 Å². The minimum absolute atomic E-state index is 0.605. The predicted molar refractivity (Wildman–Crippen MR) is 245 cm³/mol. The van der Waals surface area contributed by atoms with Crippen molar-refractivity contribution in [2.24, 2.45) is 0 Å². The van der Waals surface area contributed by atoms with Gasteiger partial charge < -0.3 is 4.42 Å². The number of aromatic nitrogens is 3. The molecule has 0 unspecified atom stereocenters. The van der Waals surface area contributed by atoms with E-state index in [1.807, 2.05) is 60.7 Å². The van der Waals surface area contributed by atoms with Crippen molar-refractivity contribution in [1.29, 1.82) is 0 Å². The standard InChI is InChI=1S/C55H31N3O/c1-2-10-36(11-3-1)53-56-54(58-55(57-53)44-19-9-21-47-52(44)43-15-4-5-20-46(43)59-47)37-27-22-32(23-28-37)39-30-38-29-26-35-13-7-17-41-40-16-6-12-33-24-25-34-14-8-18-42(50(34)48(33)40)45(31-39)51(38)49(35)41/h1-31H. The van der Waals surface area contributed by atoms with E-state index < -0.39 is 0 Å². The zero-order valence-corrected chi connectivity index (χ0v) is 31.6. The van der Waals surface area contributed by atoms with Gasteiger partial charge in [0.2, 0.25) is 0 Å². The lowest BCUT2D eigenvalue weighted by atomic mass is 9.86. The number of furan rings is 1. The highest BCUT2D eigenvalue weighted by Crippen LogP contribution is 2.45. The molecule has 4 heteroatoms. The average molecular weight is 750 g/mol. The third kappa shape index (κ3) is 4.81. The van der Waals surface area contributed by atoms with E-state index in [4.69, 9.17) is 19.4 Å². The monoisotopic (exact) mass is 749 g/mol. The quantitative estimate of drug-likeness (QED) is 0.168. The first kappa shape index (κ1) is 32.2. The molecule has 4 nitrogen and oxygen atoms in total. The van der Waals surface area contributed by atoms with E-state index in [0.717, 1.165) is 49.8 Å². The highest BCUT2D eigenvalue weighted by Gasteiger charge is 2.19. The summed E-state index contributed by atoms with van der Waals surface area (Å²) in [5, 5.41) is 17.3. The SMILES string of the molecule is c1ccc(-c2nc(-c3ccc(-c4cc5ccc6cccc7c8cccc9ccc%10cccc(c(c4)c5c67)c%10c98)cc3)nc(-c3cccc4oc5ccccc5c34)n2)cc1. The van der Waals surface area contributed by atoms with Crippen molar-refractivity contribution >= 4 is 86.6 Å². The molecule has 13 aromatic rings. The molecule has 0 N–H and O–H groups in total. The van der Waals surface area contributed by atoms with Crippen molar-refractivity contribution in [3.63, 3.8) is 0 Å². The van der Waals surface area contributed by atoms with E-state index >= 15 is 0 Å². The molecule has 11 aromatic carbocycles. The summed E-state index contributed by atoms with van der Waals surface area (Å²) >= 11 is 0. The number of fused-ring (bicyclic) bond motifs is 5. The summed E-state index contributed by atoms with van der Waals surface area (Å²) in [6, 6.07) is 67.1. The zero-order valence-electron chi connectivity index (χ0n) is 31.6. The van der Waals surface area contributed by atoms with Crippen LogP contribution in [-0.4, -0.2) is 15.0 Å². The van der Waals surface area contributed by atoms with E-state index in [9.17, 15) is 0 Å². The summed E-state index contributed by atoms with van der Waals surface area (Å²) in [5.74, 6) is 1.84. The maximum atomic E-state index is 6.25. The smallest absolute Gasteiger partial charge is 0.164 e. The number of benzene rings is 10.